The van der Waals surface area contributed by atoms with Gasteiger partial charge in [0.1, 0.15) is 11.2 Å². The van der Waals surface area contributed by atoms with Crippen molar-refractivity contribution in [2.24, 2.45) is 41.1 Å². The molecule has 57 heteroatoms. The van der Waals surface area contributed by atoms with Crippen LogP contribution >= 0.6 is 71.0 Å². The molecule has 0 radical (unpaired) electrons. The summed E-state index contributed by atoms with van der Waals surface area (Å²) in [6.07, 6.45) is 0.176. The second-order valence-corrected chi connectivity index (χ2v) is 47.7. The molecule has 0 aliphatic carbocycles. The third-order valence-electron chi connectivity index (χ3n) is 20.4. The highest BCUT2D eigenvalue weighted by atomic mass is 79.9. The van der Waals surface area contributed by atoms with Crippen molar-refractivity contribution in [3.63, 3.8) is 0 Å². The zero-order valence-electron chi connectivity index (χ0n) is 79.1. The van der Waals surface area contributed by atoms with E-state index in [1.54, 1.807) is 0 Å². The number of hydrogen-bond acceptors (Lipinski definition) is 25. The van der Waals surface area contributed by atoms with Gasteiger partial charge in [-0.25, -0.2) is 75.4 Å². The molecule has 6 aliphatic rings. The molecule has 0 unspecified atom stereocenters. The van der Waals surface area contributed by atoms with Crippen LogP contribution < -0.4 is 56.9 Å². The van der Waals surface area contributed by atoms with Crippen LogP contribution in [0.25, 0.3) is 0 Å². The first-order valence-electron chi connectivity index (χ1n) is 43.8. The van der Waals surface area contributed by atoms with Crippen molar-refractivity contribution in [2.45, 2.75) is 141 Å². The maximum absolute atomic E-state index is 12.9. The van der Waals surface area contributed by atoms with Gasteiger partial charge in [-0.05, 0) is 262 Å². The lowest BCUT2D eigenvalue weighted by molar-refractivity contribution is -0.138. The summed E-state index contributed by atoms with van der Waals surface area (Å²) in [7, 11) is -17.5. The number of likely N-dealkylation sites (tertiary alicyclic amines) is 4. The largest absolute Gasteiger partial charge is 0.511 e. The van der Waals surface area contributed by atoms with E-state index in [9.17, 15) is 119 Å². The molecular formula is C82H135Br3Cl2F12N16O19S5. The summed E-state index contributed by atoms with van der Waals surface area (Å²) in [4.78, 5) is 66.7. The molecule has 6 fully saturated rings. The van der Waals surface area contributed by atoms with Gasteiger partial charge in [0.25, 0.3) is 11.8 Å². The predicted molar refractivity (Wildman–Crippen MR) is 519 cm³/mol. The molecule has 139 heavy (non-hydrogen) atoms. The Kier molecular flexibility index (Phi) is 60.4. The third kappa shape index (κ3) is 64.6. The fraction of sp³-hybridized carbons (Fsp3) is 0.720. The Labute approximate surface area is 843 Å². The lowest BCUT2D eigenvalue weighted by Gasteiger charge is -2.32. The molecule has 6 heterocycles. The predicted octanol–water partition coefficient (Wildman–Crippen LogP) is 10.1. The van der Waals surface area contributed by atoms with E-state index in [0.29, 0.717) is 93.6 Å². The van der Waals surface area contributed by atoms with E-state index in [0.717, 1.165) is 205 Å². The molecule has 15 N–H and O–H groups in total. The van der Waals surface area contributed by atoms with E-state index >= 15 is 0 Å². The molecule has 0 aromatic heterocycles. The summed E-state index contributed by atoms with van der Waals surface area (Å²) in [5.41, 5.74) is 1.18. The summed E-state index contributed by atoms with van der Waals surface area (Å²) in [5.74, 6) is -0.293. The summed E-state index contributed by atoms with van der Waals surface area (Å²) >= 11 is 18.4. The Morgan fingerprint density at radius 2 is 0.662 bits per heavy atom. The molecular weight excluding hydrogens is 2210 g/mol. The van der Waals surface area contributed by atoms with E-state index in [4.69, 9.17) is 54.4 Å². The molecule has 0 spiro atoms. The van der Waals surface area contributed by atoms with Crippen molar-refractivity contribution in [1.29, 1.82) is 0 Å². The fourth-order valence-corrected chi connectivity index (χ4v) is 17.3. The quantitative estimate of drug-likeness (QED) is 0.0168. The SMILES string of the molecule is CC(C)(C)OC(=O)NCC1CCN(CCNS(C)(=O)=O)CC1.CC(C)(C)OC(=O)NCC1CCNCC1.CS(=O)(=O)NCCN1CCC(CN)CC1.CS(=O)(=O)NCCN1CCC(CNC(=O)c2cc(Br)cc(C(F)(F)F)c2)CC1.CS(=O)(=O)NCCN1CCC(CNC(=O)c2cc(Br)cc(C(F)(F)F)c2)CC1.ClCCl.NCCO.O=C(O)c1cc(Br)cc(C(F)(F)F)c1.O=S(=O)(N1CC1)C(F)(F)F. The van der Waals surface area contributed by atoms with Crippen molar-refractivity contribution in [3.8, 4) is 0 Å². The molecule has 6 aliphatic heterocycles. The minimum Gasteiger partial charge on any atom is -0.478 e. The van der Waals surface area contributed by atoms with Crippen LogP contribution in [0.2, 0.25) is 0 Å². The van der Waals surface area contributed by atoms with E-state index in [2.05, 4.69) is 113 Å². The number of piperidine rings is 5. The van der Waals surface area contributed by atoms with E-state index in [-0.39, 0.29) is 73.6 Å². The van der Waals surface area contributed by atoms with Crippen LogP contribution in [0.3, 0.4) is 0 Å². The van der Waals surface area contributed by atoms with Gasteiger partial charge in [0.05, 0.1) is 59.2 Å². The van der Waals surface area contributed by atoms with Crippen LogP contribution in [0, 0.1) is 29.6 Å². The molecule has 3 aromatic carbocycles. The Balaban J connectivity index is 0.000000819. The smallest absolute Gasteiger partial charge is 0.478 e. The van der Waals surface area contributed by atoms with Crippen molar-refractivity contribution < 1.29 is 138 Å². The van der Waals surface area contributed by atoms with Gasteiger partial charge in [0.2, 0.25) is 40.1 Å². The summed E-state index contributed by atoms with van der Waals surface area (Å²) < 4.78 is 278. The van der Waals surface area contributed by atoms with Crippen molar-refractivity contribution in [2.75, 3.05) is 207 Å². The van der Waals surface area contributed by atoms with E-state index in [1.165, 1.54) is 24.6 Å². The number of nitrogens with two attached hydrogens (primary N) is 2. The minimum absolute atomic E-state index is 0.0121. The average molecular weight is 2350 g/mol. The topological polar surface area (TPSA) is 491 Å². The highest BCUT2D eigenvalue weighted by molar-refractivity contribution is 9.11. The minimum atomic E-state index is -5.12. The Morgan fingerprint density at radius 1 is 0.417 bits per heavy atom. The van der Waals surface area contributed by atoms with Gasteiger partial charge >= 0.3 is 52.2 Å². The number of halogens is 17. The number of ether oxygens (including phenoxy) is 2. The van der Waals surface area contributed by atoms with Crippen molar-refractivity contribution >= 4 is 151 Å². The van der Waals surface area contributed by atoms with Gasteiger partial charge in [-0.2, -0.15) is 57.0 Å². The van der Waals surface area contributed by atoms with Crippen LogP contribution in [0.5, 0.6) is 0 Å². The standard InChI is InChI=1S/2C17H23BrF3N3O3S.C14H29N3O4S.C11H22N2O2.C9H21N3O2S.C8H4BrF3O2.C3H4F3NO2S.C2H7NO.CH2Cl2/c2*1-28(26,27)23-4-7-24-5-2-12(3-6-24)11-22-16(25)13-8-14(17(19,20)21)10-15(18)9-13;1-14(2,3)21-13(18)15-11-12-5-8-17(9-6-12)10-7-16-22(4,19)20;1-11(2,3)15-10(14)13-8-9-4-6-12-7-5-9;1-15(13,14)11-4-7-12-5-2-9(8-10)3-6-12;9-6-2-4(7(13)14)1-5(3-6)8(10,11)12;4-3(5,6)10(8,9)7-1-2-7;3-1-2-4;2-1-3/h2*8-10,12,23H,2-7,11H2,1H3,(H,22,25);12,16H,5-11H2,1-4H3,(H,15,18);9,12H,4-8H2,1-3H3,(H,13,14);9,11H,2-8,10H2,1H3;1-3H,(H,13,14);1-2H2;4H,1-3H2;1H2. The monoisotopic (exact) mass is 2340 g/mol. The van der Waals surface area contributed by atoms with Gasteiger partial charge in [0.15, 0.2) is 0 Å². The molecule has 4 amide bonds. The van der Waals surface area contributed by atoms with Gasteiger partial charge in [-0.15, -0.1) is 23.2 Å². The number of rotatable bonds is 30. The average Bonchev–Trinajstić information content (AvgIpc) is 1.65. The summed E-state index contributed by atoms with van der Waals surface area (Å²) in [6, 6.07) is 8.81. The Morgan fingerprint density at radius 3 is 0.878 bits per heavy atom. The highest BCUT2D eigenvalue weighted by Gasteiger charge is 2.53. The van der Waals surface area contributed by atoms with Crippen molar-refractivity contribution in [3.05, 3.63) is 101 Å². The number of carbonyl (C=O) groups is 5. The maximum Gasteiger partial charge on any atom is 0.511 e. The second kappa shape index (κ2) is 63.5. The number of alkyl carbamates (subject to hydrolysis) is 2. The number of alkyl halides is 14. The first-order chi connectivity index (χ1) is 63.9. The number of aromatic carboxylic acids is 1. The summed E-state index contributed by atoms with van der Waals surface area (Å²) in [6.45, 7) is 28.1. The molecule has 0 atom stereocenters. The molecule has 9 rings (SSSR count). The normalized spacial score (nSPS) is 16.9. The maximum atomic E-state index is 12.9. The number of amides is 4. The number of nitrogens with zero attached hydrogens (tertiary/aromatic N) is 5. The Bertz CT molecular complexity index is 4650. The zero-order valence-corrected chi connectivity index (χ0v) is 89.5. The lowest BCUT2D eigenvalue weighted by atomic mass is 9.96. The van der Waals surface area contributed by atoms with Gasteiger partial charge < -0.3 is 77.3 Å². The Hall–Kier alpha value is -4.98. The number of aliphatic hydroxyl groups is 1. The number of carbonyl (C=O) groups excluding carboxylic acids is 4. The molecule has 0 bridgehead atoms. The molecule has 35 nitrogen and oxygen atoms in total. The van der Waals surface area contributed by atoms with Crippen LogP contribution in [-0.2, 0) is 78.1 Å². The van der Waals surface area contributed by atoms with Crippen LogP contribution in [-0.4, -0.2) is 330 Å². The molecule has 0 saturated carbocycles. The number of carboxylic acid groups (broad SMARTS) is 1. The fourth-order valence-electron chi connectivity index (χ4n) is 13.2. The van der Waals surface area contributed by atoms with Crippen LogP contribution in [0.4, 0.5) is 62.3 Å². The van der Waals surface area contributed by atoms with Gasteiger partial charge in [-0.1, -0.05) is 47.8 Å². The van der Waals surface area contributed by atoms with Crippen LogP contribution in [0.15, 0.2) is 68.0 Å². The van der Waals surface area contributed by atoms with Crippen LogP contribution in [0.1, 0.15) is 154 Å². The molecule has 3 aromatic rings. The van der Waals surface area contributed by atoms with Crippen molar-refractivity contribution in [1.82, 2.24) is 69.4 Å². The number of aliphatic hydroxyl groups excluding tert-OH is 1. The molecule has 6 saturated heterocycles. The number of hydrogen-bond donors (Lipinski definition) is 13. The third-order valence-corrected chi connectivity index (χ3v) is 26.3. The highest BCUT2D eigenvalue weighted by Crippen LogP contribution is 2.36. The number of carboxylic acids is 1. The van der Waals surface area contributed by atoms with E-state index in [1.807, 2.05) is 41.5 Å². The van der Waals surface area contributed by atoms with Gasteiger partial charge in [-0.3, -0.25) is 9.59 Å². The lowest BCUT2D eigenvalue weighted by Crippen LogP contribution is -2.42. The van der Waals surface area contributed by atoms with E-state index < -0.39 is 125 Å². The first kappa shape index (κ1) is 132. The zero-order chi connectivity index (χ0) is 106. The second-order valence-electron chi connectivity index (χ2n) is 34.9. The van der Waals surface area contributed by atoms with Gasteiger partial charge in [0, 0.05) is 123 Å². The number of benzene rings is 3. The number of sulfonamides is 5. The molecule has 806 valence electrons. The first-order valence-corrected chi connectivity index (χ1v) is 56.3. The number of nitrogens with one attached hydrogen (secondary N) is 9. The summed E-state index contributed by atoms with van der Waals surface area (Å²) in [5, 5.41) is 30.8.